The van der Waals surface area contributed by atoms with Gasteiger partial charge in [0.25, 0.3) is 11.8 Å². The number of pyridine rings is 2. The average Bonchev–Trinajstić information content (AvgIpc) is 3.30. The minimum atomic E-state index is -0.336. The topological polar surface area (TPSA) is 102 Å². The van der Waals surface area contributed by atoms with E-state index in [2.05, 4.69) is 25.6 Å². The van der Waals surface area contributed by atoms with E-state index in [1.807, 2.05) is 0 Å². The van der Waals surface area contributed by atoms with Crippen LogP contribution in [0.2, 0.25) is 0 Å². The summed E-state index contributed by atoms with van der Waals surface area (Å²) in [5.74, 6) is -0.594. The lowest BCUT2D eigenvalue weighted by atomic mass is 10.2. The Kier molecular flexibility index (Phi) is 4.14. The van der Waals surface area contributed by atoms with Crippen molar-refractivity contribution in [1.29, 1.82) is 0 Å². The van der Waals surface area contributed by atoms with Gasteiger partial charge >= 0.3 is 0 Å². The third kappa shape index (κ3) is 3.59. The van der Waals surface area contributed by atoms with Gasteiger partial charge in [-0.1, -0.05) is 0 Å². The van der Waals surface area contributed by atoms with Crippen LogP contribution < -0.4 is 10.6 Å². The summed E-state index contributed by atoms with van der Waals surface area (Å²) < 4.78 is 1.79. The molecule has 1 saturated carbocycles. The van der Waals surface area contributed by atoms with Gasteiger partial charge in [-0.25, -0.2) is 4.98 Å². The SMILES string of the molecule is O=C(Nc1cncc(-n2ccnc2)c1)c1ccnc(C(=O)NC2CC2)c1. The molecule has 4 rings (SSSR count). The van der Waals surface area contributed by atoms with Gasteiger partial charge in [0.05, 0.1) is 30.1 Å². The van der Waals surface area contributed by atoms with E-state index >= 15 is 0 Å². The Morgan fingerprint density at radius 1 is 1.08 bits per heavy atom. The largest absolute Gasteiger partial charge is 0.348 e. The zero-order chi connectivity index (χ0) is 17.9. The van der Waals surface area contributed by atoms with Crippen LogP contribution in [0.25, 0.3) is 5.69 Å². The first-order valence-electron chi connectivity index (χ1n) is 8.21. The van der Waals surface area contributed by atoms with E-state index < -0.39 is 0 Å². The Hall–Kier alpha value is -3.55. The third-order valence-corrected chi connectivity index (χ3v) is 3.95. The molecule has 1 aliphatic rings. The molecule has 0 aliphatic heterocycles. The highest BCUT2D eigenvalue weighted by Crippen LogP contribution is 2.19. The zero-order valence-corrected chi connectivity index (χ0v) is 13.8. The lowest BCUT2D eigenvalue weighted by Crippen LogP contribution is -2.26. The summed E-state index contributed by atoms with van der Waals surface area (Å²) in [6.07, 6.45) is 11.8. The lowest BCUT2D eigenvalue weighted by molar-refractivity contribution is 0.0946. The van der Waals surface area contributed by atoms with E-state index in [0.29, 0.717) is 11.3 Å². The molecule has 1 fully saturated rings. The zero-order valence-electron chi connectivity index (χ0n) is 13.8. The van der Waals surface area contributed by atoms with Crippen molar-refractivity contribution in [2.75, 3.05) is 5.32 Å². The highest BCUT2D eigenvalue weighted by Gasteiger charge is 2.24. The van der Waals surface area contributed by atoms with E-state index in [9.17, 15) is 9.59 Å². The smallest absolute Gasteiger partial charge is 0.270 e. The Bertz CT molecular complexity index is 950. The van der Waals surface area contributed by atoms with Gasteiger partial charge in [-0.15, -0.1) is 0 Å². The fraction of sp³-hybridized carbons (Fsp3) is 0.167. The number of anilines is 1. The Labute approximate surface area is 149 Å². The monoisotopic (exact) mass is 348 g/mol. The van der Waals surface area contributed by atoms with Crippen molar-refractivity contribution in [3.05, 3.63) is 66.8 Å². The van der Waals surface area contributed by atoms with Crippen molar-refractivity contribution in [3.63, 3.8) is 0 Å². The van der Waals surface area contributed by atoms with E-state index in [1.165, 1.54) is 12.3 Å². The van der Waals surface area contributed by atoms with Crippen LogP contribution in [0.1, 0.15) is 33.7 Å². The molecule has 3 heterocycles. The maximum Gasteiger partial charge on any atom is 0.270 e. The molecule has 3 aromatic heterocycles. The highest BCUT2D eigenvalue weighted by atomic mass is 16.2. The molecule has 2 N–H and O–H groups in total. The van der Waals surface area contributed by atoms with E-state index in [4.69, 9.17) is 0 Å². The van der Waals surface area contributed by atoms with Crippen LogP contribution in [-0.4, -0.2) is 37.4 Å². The van der Waals surface area contributed by atoms with Crippen LogP contribution in [0.5, 0.6) is 0 Å². The normalized spacial score (nSPS) is 13.2. The lowest BCUT2D eigenvalue weighted by Gasteiger charge is -2.08. The van der Waals surface area contributed by atoms with Gasteiger partial charge in [0.2, 0.25) is 0 Å². The van der Waals surface area contributed by atoms with Gasteiger partial charge in [-0.05, 0) is 31.0 Å². The molecular weight excluding hydrogens is 332 g/mol. The summed E-state index contributed by atoms with van der Waals surface area (Å²) in [7, 11) is 0. The predicted octanol–water partition coefficient (Wildman–Crippen LogP) is 1.81. The fourth-order valence-electron chi connectivity index (χ4n) is 2.44. The average molecular weight is 348 g/mol. The summed E-state index contributed by atoms with van der Waals surface area (Å²) in [6, 6.07) is 5.07. The molecular formula is C18H16N6O2. The molecule has 1 aliphatic carbocycles. The number of imidazole rings is 1. The fourth-order valence-corrected chi connectivity index (χ4v) is 2.44. The van der Waals surface area contributed by atoms with E-state index in [-0.39, 0.29) is 23.6 Å². The summed E-state index contributed by atoms with van der Waals surface area (Å²) >= 11 is 0. The summed E-state index contributed by atoms with van der Waals surface area (Å²) in [5, 5.41) is 5.64. The number of hydrogen-bond donors (Lipinski definition) is 2. The third-order valence-electron chi connectivity index (χ3n) is 3.95. The number of aromatic nitrogens is 4. The molecule has 2 amide bonds. The highest BCUT2D eigenvalue weighted by molar-refractivity contribution is 6.05. The first kappa shape index (κ1) is 15.9. The van der Waals surface area contributed by atoms with Crippen molar-refractivity contribution in [3.8, 4) is 5.69 Å². The van der Waals surface area contributed by atoms with Gasteiger partial charge in [-0.2, -0.15) is 0 Å². The van der Waals surface area contributed by atoms with Crippen LogP contribution in [0.15, 0.2) is 55.5 Å². The Morgan fingerprint density at radius 2 is 1.96 bits per heavy atom. The molecule has 3 aromatic rings. The van der Waals surface area contributed by atoms with Gasteiger partial charge < -0.3 is 15.2 Å². The van der Waals surface area contributed by atoms with Crippen molar-refractivity contribution in [1.82, 2.24) is 24.8 Å². The van der Waals surface area contributed by atoms with Crippen LogP contribution in [0, 0.1) is 0 Å². The second kappa shape index (κ2) is 6.75. The maximum atomic E-state index is 12.5. The minimum absolute atomic E-state index is 0.231. The number of rotatable bonds is 5. The summed E-state index contributed by atoms with van der Waals surface area (Å²) in [5.41, 5.74) is 1.91. The number of carbonyl (C=O) groups is 2. The molecule has 0 atom stereocenters. The standard InChI is InChI=1S/C18H16N6O2/c25-17(12-3-4-21-16(7-12)18(26)22-13-1-2-13)23-14-8-15(10-20-9-14)24-6-5-19-11-24/h3-11,13H,1-2H2,(H,22,26)(H,23,25). The van der Waals surface area contributed by atoms with Crippen molar-refractivity contribution in [2.24, 2.45) is 0 Å². The van der Waals surface area contributed by atoms with Crippen LogP contribution in [-0.2, 0) is 0 Å². The predicted molar refractivity (Wildman–Crippen MR) is 94.0 cm³/mol. The molecule has 0 spiro atoms. The summed E-state index contributed by atoms with van der Waals surface area (Å²) in [6.45, 7) is 0. The Morgan fingerprint density at radius 3 is 2.73 bits per heavy atom. The molecule has 0 saturated heterocycles. The minimum Gasteiger partial charge on any atom is -0.348 e. The molecule has 130 valence electrons. The van der Waals surface area contributed by atoms with Gasteiger partial charge in [-0.3, -0.25) is 19.6 Å². The number of nitrogens with one attached hydrogen (secondary N) is 2. The quantitative estimate of drug-likeness (QED) is 0.732. The molecule has 8 nitrogen and oxygen atoms in total. The van der Waals surface area contributed by atoms with Crippen LogP contribution in [0.4, 0.5) is 5.69 Å². The van der Waals surface area contributed by atoms with E-state index in [1.54, 1.807) is 47.8 Å². The Balaban J connectivity index is 1.49. The number of carbonyl (C=O) groups excluding carboxylic acids is 2. The number of nitrogens with zero attached hydrogens (tertiary/aromatic N) is 4. The molecule has 0 bridgehead atoms. The molecule has 26 heavy (non-hydrogen) atoms. The van der Waals surface area contributed by atoms with E-state index in [0.717, 1.165) is 18.5 Å². The molecule has 0 radical (unpaired) electrons. The van der Waals surface area contributed by atoms with Crippen molar-refractivity contribution < 1.29 is 9.59 Å². The van der Waals surface area contributed by atoms with Crippen LogP contribution >= 0.6 is 0 Å². The number of amides is 2. The van der Waals surface area contributed by atoms with Crippen LogP contribution in [0.3, 0.4) is 0 Å². The second-order valence-electron chi connectivity index (χ2n) is 6.03. The van der Waals surface area contributed by atoms with Gasteiger partial charge in [0.1, 0.15) is 5.69 Å². The first-order chi connectivity index (χ1) is 12.7. The second-order valence-corrected chi connectivity index (χ2v) is 6.03. The maximum absolute atomic E-state index is 12.5. The molecule has 0 aromatic carbocycles. The number of hydrogen-bond acceptors (Lipinski definition) is 5. The van der Waals surface area contributed by atoms with Gasteiger partial charge in [0.15, 0.2) is 0 Å². The summed E-state index contributed by atoms with van der Waals surface area (Å²) in [4.78, 5) is 36.8. The van der Waals surface area contributed by atoms with Crippen molar-refractivity contribution in [2.45, 2.75) is 18.9 Å². The first-order valence-corrected chi connectivity index (χ1v) is 8.21. The molecule has 0 unspecified atom stereocenters. The molecule has 8 heteroatoms. The van der Waals surface area contributed by atoms with Gasteiger partial charge in [0, 0.05) is 30.2 Å². The van der Waals surface area contributed by atoms with Crippen molar-refractivity contribution >= 4 is 17.5 Å².